The smallest absolute Gasteiger partial charge is 0.104 e. The summed E-state index contributed by atoms with van der Waals surface area (Å²) in [5.74, 6) is 0.865. The Kier molecular flexibility index (Phi) is 30.2. The molecule has 0 aromatic heterocycles. The van der Waals surface area contributed by atoms with Crippen molar-refractivity contribution in [2.24, 2.45) is 5.92 Å². The molecule has 2 unspecified atom stereocenters. The summed E-state index contributed by atoms with van der Waals surface area (Å²) in [6.07, 6.45) is 25.6. The molecule has 0 fully saturated rings. The number of unbranched alkanes of at least 4 members (excludes halogenated alkanes) is 17. The first-order valence-corrected chi connectivity index (χ1v) is 16.2. The molecule has 0 aliphatic rings. The van der Waals surface area contributed by atoms with Gasteiger partial charge in [0, 0.05) is 13.2 Å². The van der Waals surface area contributed by atoms with Crippen molar-refractivity contribution in [2.45, 2.75) is 161 Å². The van der Waals surface area contributed by atoms with Crippen molar-refractivity contribution < 1.29 is 24.4 Å². The van der Waals surface area contributed by atoms with Crippen LogP contribution in [0.15, 0.2) is 0 Å². The van der Waals surface area contributed by atoms with Gasteiger partial charge in [0.1, 0.15) is 12.2 Å². The van der Waals surface area contributed by atoms with Gasteiger partial charge in [-0.1, -0.05) is 136 Å². The van der Waals surface area contributed by atoms with E-state index < -0.39 is 6.10 Å². The van der Waals surface area contributed by atoms with E-state index in [-0.39, 0.29) is 19.3 Å². The Balaban J connectivity index is 3.62. The van der Waals surface area contributed by atoms with Gasteiger partial charge in [-0.05, 0) is 18.8 Å². The number of aliphatic hydroxyl groups excluding tert-OH is 2. The minimum atomic E-state index is -0.829. The van der Waals surface area contributed by atoms with Crippen molar-refractivity contribution >= 4 is 0 Å². The highest BCUT2D eigenvalue weighted by molar-refractivity contribution is 4.59. The third kappa shape index (κ3) is 30.2. The molecule has 0 aliphatic heterocycles. The van der Waals surface area contributed by atoms with E-state index in [9.17, 15) is 5.11 Å². The fourth-order valence-electron chi connectivity index (χ4n) is 4.58. The molecular weight excluding hydrogens is 464 g/mol. The molecule has 5 heteroatoms. The first kappa shape index (κ1) is 36.8. The van der Waals surface area contributed by atoms with Gasteiger partial charge in [0.2, 0.25) is 0 Å². The Morgan fingerprint density at radius 1 is 0.541 bits per heavy atom. The lowest BCUT2D eigenvalue weighted by Crippen LogP contribution is -2.29. The van der Waals surface area contributed by atoms with Crippen LogP contribution in [-0.4, -0.2) is 62.1 Å². The molecular formula is C32H66O5. The average molecular weight is 531 g/mol. The minimum absolute atomic E-state index is 0.110. The summed E-state index contributed by atoms with van der Waals surface area (Å²) in [7, 11) is 0. The van der Waals surface area contributed by atoms with Gasteiger partial charge < -0.3 is 24.4 Å². The van der Waals surface area contributed by atoms with E-state index in [2.05, 4.69) is 20.8 Å². The maximum atomic E-state index is 9.48. The predicted octanol–water partition coefficient (Wildman–Crippen LogP) is 8.24. The van der Waals surface area contributed by atoms with Gasteiger partial charge in [-0.15, -0.1) is 0 Å². The molecule has 5 nitrogen and oxygen atoms in total. The van der Waals surface area contributed by atoms with Crippen LogP contribution in [0, 0.1) is 5.92 Å². The molecule has 0 bridgehead atoms. The van der Waals surface area contributed by atoms with Crippen LogP contribution in [0.2, 0.25) is 0 Å². The Hall–Kier alpha value is -0.200. The highest BCUT2D eigenvalue weighted by Gasteiger charge is 2.12. The van der Waals surface area contributed by atoms with Gasteiger partial charge in [0.25, 0.3) is 0 Å². The topological polar surface area (TPSA) is 68.2 Å². The van der Waals surface area contributed by atoms with Crippen LogP contribution in [0.4, 0.5) is 0 Å². The molecule has 0 saturated heterocycles. The Morgan fingerprint density at radius 3 is 1.51 bits per heavy atom. The largest absolute Gasteiger partial charge is 0.394 e. The second-order valence-electron chi connectivity index (χ2n) is 11.5. The first-order valence-electron chi connectivity index (χ1n) is 16.2. The first-order chi connectivity index (χ1) is 18.1. The third-order valence-corrected chi connectivity index (χ3v) is 7.05. The number of hydrogen-bond donors (Lipinski definition) is 2. The quantitative estimate of drug-likeness (QED) is 0.0883. The normalized spacial score (nSPS) is 13.5. The minimum Gasteiger partial charge on any atom is -0.394 e. The standard InChI is InChI=1S/C32H66O5/c1-4-5-6-7-19-22-25-37-32(29-36-27-31(34)26-33)28-35-24-21-18-16-14-12-10-8-9-11-13-15-17-20-23-30(2)3/h30-34H,4-29H2,1-3H3. The molecule has 0 rings (SSSR count). The lowest BCUT2D eigenvalue weighted by Gasteiger charge is -2.19. The van der Waals surface area contributed by atoms with E-state index in [0.29, 0.717) is 13.2 Å². The summed E-state index contributed by atoms with van der Waals surface area (Å²) in [6, 6.07) is 0. The zero-order valence-corrected chi connectivity index (χ0v) is 25.2. The number of aliphatic hydroxyl groups is 2. The van der Waals surface area contributed by atoms with Crippen LogP contribution in [0.3, 0.4) is 0 Å². The SMILES string of the molecule is CCCCCCCCOC(COCCCCCCCCCCCCCCCC(C)C)COCC(O)CO. The molecule has 0 aromatic carbocycles. The Bertz CT molecular complexity index is 418. The van der Waals surface area contributed by atoms with E-state index in [1.54, 1.807) is 0 Å². The van der Waals surface area contributed by atoms with E-state index >= 15 is 0 Å². The van der Waals surface area contributed by atoms with E-state index in [0.717, 1.165) is 32.0 Å². The van der Waals surface area contributed by atoms with Crippen molar-refractivity contribution in [3.8, 4) is 0 Å². The maximum absolute atomic E-state index is 9.48. The van der Waals surface area contributed by atoms with Crippen LogP contribution < -0.4 is 0 Å². The average Bonchev–Trinajstić information content (AvgIpc) is 2.89. The van der Waals surface area contributed by atoms with Gasteiger partial charge >= 0.3 is 0 Å². The van der Waals surface area contributed by atoms with Gasteiger partial charge in [-0.25, -0.2) is 0 Å². The molecule has 0 radical (unpaired) electrons. The zero-order valence-electron chi connectivity index (χ0n) is 25.2. The van der Waals surface area contributed by atoms with Gasteiger partial charge in [0.05, 0.1) is 26.4 Å². The van der Waals surface area contributed by atoms with E-state index in [1.807, 2.05) is 0 Å². The Labute approximate surface area is 231 Å². The molecule has 0 spiro atoms. The molecule has 224 valence electrons. The van der Waals surface area contributed by atoms with Crippen molar-refractivity contribution in [3.05, 3.63) is 0 Å². The summed E-state index contributed by atoms with van der Waals surface area (Å²) in [5, 5.41) is 18.4. The van der Waals surface area contributed by atoms with Crippen molar-refractivity contribution in [2.75, 3.05) is 39.6 Å². The lowest BCUT2D eigenvalue weighted by atomic mass is 10.0. The highest BCUT2D eigenvalue weighted by Crippen LogP contribution is 2.14. The van der Waals surface area contributed by atoms with Gasteiger partial charge in [-0.2, -0.15) is 0 Å². The molecule has 2 N–H and O–H groups in total. The maximum Gasteiger partial charge on any atom is 0.104 e. The predicted molar refractivity (Wildman–Crippen MR) is 157 cm³/mol. The summed E-state index contributed by atoms with van der Waals surface area (Å²) in [4.78, 5) is 0. The van der Waals surface area contributed by atoms with Gasteiger partial charge in [0.15, 0.2) is 0 Å². The lowest BCUT2D eigenvalue weighted by molar-refractivity contribution is -0.0771. The molecule has 37 heavy (non-hydrogen) atoms. The molecule has 0 aliphatic carbocycles. The second-order valence-corrected chi connectivity index (χ2v) is 11.5. The molecule has 0 amide bonds. The molecule has 2 atom stereocenters. The third-order valence-electron chi connectivity index (χ3n) is 7.05. The molecule has 0 saturated carbocycles. The van der Waals surface area contributed by atoms with E-state index in [1.165, 1.54) is 116 Å². The summed E-state index contributed by atoms with van der Waals surface area (Å²) >= 11 is 0. The van der Waals surface area contributed by atoms with Crippen molar-refractivity contribution in [3.63, 3.8) is 0 Å². The number of rotatable bonds is 31. The van der Waals surface area contributed by atoms with Gasteiger partial charge in [-0.3, -0.25) is 0 Å². The monoisotopic (exact) mass is 530 g/mol. The van der Waals surface area contributed by atoms with Crippen molar-refractivity contribution in [1.29, 1.82) is 0 Å². The molecule has 0 aromatic rings. The molecule has 0 heterocycles. The number of ether oxygens (including phenoxy) is 3. The fourth-order valence-corrected chi connectivity index (χ4v) is 4.58. The van der Waals surface area contributed by atoms with E-state index in [4.69, 9.17) is 19.3 Å². The Morgan fingerprint density at radius 2 is 1.00 bits per heavy atom. The zero-order chi connectivity index (χ0) is 27.2. The highest BCUT2D eigenvalue weighted by atomic mass is 16.6. The fraction of sp³-hybridized carbons (Fsp3) is 1.00. The van der Waals surface area contributed by atoms with Crippen molar-refractivity contribution in [1.82, 2.24) is 0 Å². The summed E-state index contributed by atoms with van der Waals surface area (Å²) < 4.78 is 17.4. The van der Waals surface area contributed by atoms with Crippen LogP contribution in [0.25, 0.3) is 0 Å². The summed E-state index contributed by atoms with van der Waals surface area (Å²) in [6.45, 7) is 9.16. The van der Waals surface area contributed by atoms with Crippen LogP contribution in [0.5, 0.6) is 0 Å². The second kappa shape index (κ2) is 30.3. The van der Waals surface area contributed by atoms with Crippen LogP contribution in [0.1, 0.15) is 149 Å². The number of hydrogen-bond acceptors (Lipinski definition) is 5. The summed E-state index contributed by atoms with van der Waals surface area (Å²) in [5.41, 5.74) is 0. The van der Waals surface area contributed by atoms with Crippen LogP contribution in [-0.2, 0) is 14.2 Å². The van der Waals surface area contributed by atoms with Crippen LogP contribution >= 0.6 is 0 Å².